The average molecular weight is 206 g/mol. The van der Waals surface area contributed by atoms with Crippen LogP contribution in [0, 0.1) is 0 Å². The van der Waals surface area contributed by atoms with Crippen molar-refractivity contribution in [3.05, 3.63) is 0 Å². The van der Waals surface area contributed by atoms with Crippen molar-refractivity contribution < 1.29 is 24.5 Å². The van der Waals surface area contributed by atoms with E-state index in [0.717, 1.165) is 6.42 Å². The van der Waals surface area contributed by atoms with Crippen molar-refractivity contribution in [2.24, 2.45) is 0 Å². The molecule has 0 radical (unpaired) electrons. The molecule has 0 aromatic carbocycles. The number of aliphatic hydroxyl groups excluding tert-OH is 2. The second kappa shape index (κ2) is 8.93. The van der Waals surface area contributed by atoms with Crippen LogP contribution in [0.15, 0.2) is 0 Å². The zero-order valence-electron chi connectivity index (χ0n) is 8.44. The second-order valence-corrected chi connectivity index (χ2v) is 2.89. The summed E-state index contributed by atoms with van der Waals surface area (Å²) in [6.45, 7) is 1.99. The number of ether oxygens (including phenoxy) is 2. The topological polar surface area (TPSA) is 76.0 Å². The maximum absolute atomic E-state index is 10.9. The summed E-state index contributed by atoms with van der Waals surface area (Å²) in [7, 11) is 0. The molecule has 0 spiro atoms. The van der Waals surface area contributed by atoms with Crippen LogP contribution in [0.4, 0.5) is 0 Å². The highest BCUT2D eigenvalue weighted by molar-refractivity contribution is 5.69. The molecule has 2 N–H and O–H groups in total. The summed E-state index contributed by atoms with van der Waals surface area (Å²) in [5, 5.41) is 17.6. The van der Waals surface area contributed by atoms with Crippen molar-refractivity contribution in [3.63, 3.8) is 0 Å². The van der Waals surface area contributed by atoms with E-state index in [9.17, 15) is 9.90 Å². The van der Waals surface area contributed by atoms with Gasteiger partial charge in [-0.05, 0) is 6.42 Å². The van der Waals surface area contributed by atoms with Gasteiger partial charge in [0, 0.05) is 6.42 Å². The highest BCUT2D eigenvalue weighted by Gasteiger charge is 2.07. The molecule has 0 aromatic rings. The smallest absolute Gasteiger partial charge is 0.305 e. The van der Waals surface area contributed by atoms with Crippen molar-refractivity contribution in [2.45, 2.75) is 25.9 Å². The Morgan fingerprint density at radius 3 is 2.71 bits per heavy atom. The molecule has 0 aliphatic heterocycles. The van der Waals surface area contributed by atoms with Crippen molar-refractivity contribution in [3.8, 4) is 0 Å². The summed E-state index contributed by atoms with van der Waals surface area (Å²) in [5.74, 6) is -0.311. The van der Waals surface area contributed by atoms with Crippen LogP contribution in [-0.4, -0.2) is 48.7 Å². The third-order valence-electron chi connectivity index (χ3n) is 1.44. The molecule has 0 saturated heterocycles. The van der Waals surface area contributed by atoms with Gasteiger partial charge in [0.15, 0.2) is 0 Å². The lowest BCUT2D eigenvalue weighted by Gasteiger charge is -2.10. The van der Waals surface area contributed by atoms with Gasteiger partial charge in [-0.25, -0.2) is 0 Å². The normalized spacial score (nSPS) is 12.5. The number of hydrogen-bond donors (Lipinski definition) is 2. The Kier molecular flexibility index (Phi) is 8.51. The molecule has 0 rings (SSSR count). The van der Waals surface area contributed by atoms with Crippen LogP contribution >= 0.6 is 0 Å². The standard InChI is InChI=1S/C9H18O5/c1-2-3-9(12)14-7-8(11)6-13-5-4-10/h8,10-11H,2-7H2,1H3. The van der Waals surface area contributed by atoms with Crippen LogP contribution < -0.4 is 0 Å². The molecule has 0 heterocycles. The molecular weight excluding hydrogens is 188 g/mol. The molecule has 1 atom stereocenters. The van der Waals surface area contributed by atoms with Gasteiger partial charge in [-0.1, -0.05) is 6.92 Å². The molecule has 14 heavy (non-hydrogen) atoms. The van der Waals surface area contributed by atoms with Crippen molar-refractivity contribution in [1.29, 1.82) is 0 Å². The lowest BCUT2D eigenvalue weighted by atomic mass is 10.3. The molecule has 0 saturated carbocycles. The summed E-state index contributed by atoms with van der Waals surface area (Å²) in [6, 6.07) is 0. The third kappa shape index (κ3) is 7.97. The van der Waals surface area contributed by atoms with Crippen molar-refractivity contribution in [1.82, 2.24) is 0 Å². The molecule has 0 amide bonds. The van der Waals surface area contributed by atoms with Gasteiger partial charge in [0.25, 0.3) is 0 Å². The maximum Gasteiger partial charge on any atom is 0.305 e. The quantitative estimate of drug-likeness (QED) is 0.421. The molecule has 84 valence electrons. The summed E-state index contributed by atoms with van der Waals surface area (Å²) in [4.78, 5) is 10.9. The van der Waals surface area contributed by atoms with Gasteiger partial charge in [0.1, 0.15) is 12.7 Å². The van der Waals surface area contributed by atoms with Gasteiger partial charge in [-0.15, -0.1) is 0 Å². The Morgan fingerprint density at radius 2 is 2.14 bits per heavy atom. The number of hydrogen-bond acceptors (Lipinski definition) is 5. The monoisotopic (exact) mass is 206 g/mol. The van der Waals surface area contributed by atoms with E-state index in [-0.39, 0.29) is 32.4 Å². The van der Waals surface area contributed by atoms with Gasteiger partial charge in [-0.3, -0.25) is 4.79 Å². The number of carbonyl (C=O) groups excluding carboxylic acids is 1. The summed E-state index contributed by atoms with van der Waals surface area (Å²) >= 11 is 0. The zero-order valence-corrected chi connectivity index (χ0v) is 8.44. The Balaban J connectivity index is 3.33. The van der Waals surface area contributed by atoms with Gasteiger partial charge in [0.05, 0.1) is 19.8 Å². The van der Waals surface area contributed by atoms with Crippen LogP contribution in [0.25, 0.3) is 0 Å². The molecular formula is C9H18O5. The summed E-state index contributed by atoms with van der Waals surface area (Å²) in [6.07, 6.45) is 0.280. The maximum atomic E-state index is 10.9. The van der Waals surface area contributed by atoms with E-state index in [1.165, 1.54) is 0 Å². The van der Waals surface area contributed by atoms with Crippen LogP contribution in [0.3, 0.4) is 0 Å². The molecule has 0 aliphatic rings. The minimum atomic E-state index is -0.817. The van der Waals surface area contributed by atoms with E-state index in [1.807, 2.05) is 6.92 Å². The molecule has 1 unspecified atom stereocenters. The second-order valence-electron chi connectivity index (χ2n) is 2.89. The molecule has 5 nitrogen and oxygen atoms in total. The fourth-order valence-corrected chi connectivity index (χ4v) is 0.797. The largest absolute Gasteiger partial charge is 0.463 e. The summed E-state index contributed by atoms with van der Waals surface area (Å²) in [5.41, 5.74) is 0. The number of rotatable bonds is 8. The van der Waals surface area contributed by atoms with Gasteiger partial charge in [-0.2, -0.15) is 0 Å². The molecule has 0 fully saturated rings. The highest BCUT2D eigenvalue weighted by atomic mass is 16.5. The van der Waals surface area contributed by atoms with Gasteiger partial charge in [0.2, 0.25) is 0 Å². The van der Waals surface area contributed by atoms with Crippen LogP contribution in [0.2, 0.25) is 0 Å². The van der Waals surface area contributed by atoms with E-state index in [4.69, 9.17) is 14.6 Å². The van der Waals surface area contributed by atoms with E-state index in [0.29, 0.717) is 6.42 Å². The van der Waals surface area contributed by atoms with Gasteiger partial charge < -0.3 is 19.7 Å². The number of esters is 1. The lowest BCUT2D eigenvalue weighted by molar-refractivity contribution is -0.147. The highest BCUT2D eigenvalue weighted by Crippen LogP contribution is 1.94. The average Bonchev–Trinajstić information content (AvgIpc) is 2.16. The van der Waals surface area contributed by atoms with Crippen LogP contribution in [0.5, 0.6) is 0 Å². The van der Waals surface area contributed by atoms with E-state index in [2.05, 4.69) is 0 Å². The summed E-state index contributed by atoms with van der Waals surface area (Å²) < 4.78 is 9.59. The first-order valence-corrected chi connectivity index (χ1v) is 4.73. The van der Waals surface area contributed by atoms with E-state index < -0.39 is 6.10 Å². The van der Waals surface area contributed by atoms with Crippen molar-refractivity contribution in [2.75, 3.05) is 26.4 Å². The van der Waals surface area contributed by atoms with E-state index >= 15 is 0 Å². The SMILES string of the molecule is CCCC(=O)OCC(O)COCCO. The predicted octanol–water partition coefficient (Wildman–Crippen LogP) is -0.300. The van der Waals surface area contributed by atoms with Crippen LogP contribution in [-0.2, 0) is 14.3 Å². The lowest BCUT2D eigenvalue weighted by Crippen LogP contribution is -2.24. The fourth-order valence-electron chi connectivity index (χ4n) is 0.797. The van der Waals surface area contributed by atoms with E-state index in [1.54, 1.807) is 0 Å². The first-order chi connectivity index (χ1) is 6.70. The Labute approximate surface area is 83.6 Å². The van der Waals surface area contributed by atoms with Crippen LogP contribution in [0.1, 0.15) is 19.8 Å². The Bertz CT molecular complexity index is 148. The predicted molar refractivity (Wildman–Crippen MR) is 49.8 cm³/mol. The number of carbonyl (C=O) groups is 1. The molecule has 5 heteroatoms. The number of aliphatic hydroxyl groups is 2. The minimum absolute atomic E-state index is 0.0513. The Hall–Kier alpha value is -0.650. The zero-order chi connectivity index (χ0) is 10.8. The third-order valence-corrected chi connectivity index (χ3v) is 1.44. The first-order valence-electron chi connectivity index (χ1n) is 4.73. The molecule has 0 bridgehead atoms. The first kappa shape index (κ1) is 13.4. The van der Waals surface area contributed by atoms with Gasteiger partial charge >= 0.3 is 5.97 Å². The fraction of sp³-hybridized carbons (Fsp3) is 0.889. The Morgan fingerprint density at radius 1 is 1.43 bits per heavy atom. The molecule has 0 aromatic heterocycles. The minimum Gasteiger partial charge on any atom is -0.463 e. The van der Waals surface area contributed by atoms with Crippen molar-refractivity contribution >= 4 is 5.97 Å². The molecule has 0 aliphatic carbocycles.